The summed E-state index contributed by atoms with van der Waals surface area (Å²) in [5.74, 6) is 0.648. The van der Waals surface area contributed by atoms with Crippen molar-refractivity contribution in [3.05, 3.63) is 33.8 Å². The highest BCUT2D eigenvalue weighted by Crippen LogP contribution is 2.32. The first kappa shape index (κ1) is 14.2. The van der Waals surface area contributed by atoms with Crippen molar-refractivity contribution in [3.8, 4) is 0 Å². The molecule has 1 fully saturated rings. The van der Waals surface area contributed by atoms with Gasteiger partial charge in [0.25, 0.3) is 0 Å². The number of hydrogen-bond donors (Lipinski definition) is 1. The lowest BCUT2D eigenvalue weighted by molar-refractivity contribution is 0.350. The standard InChI is InChI=1S/C15H21Cl2N/c1-18-15-9-4-2-3-6-11(15)10-12-13(16)7-5-8-14(12)17/h5,7-8,11,15,18H,2-4,6,9-10H2,1H3. The van der Waals surface area contributed by atoms with Gasteiger partial charge in [-0.2, -0.15) is 0 Å². The van der Waals surface area contributed by atoms with Gasteiger partial charge in [-0.15, -0.1) is 0 Å². The van der Waals surface area contributed by atoms with Crippen LogP contribution >= 0.6 is 23.2 Å². The van der Waals surface area contributed by atoms with E-state index in [1.165, 1.54) is 32.1 Å². The largest absolute Gasteiger partial charge is 0.317 e. The van der Waals surface area contributed by atoms with Crippen molar-refractivity contribution >= 4 is 23.2 Å². The van der Waals surface area contributed by atoms with Crippen LogP contribution in [-0.4, -0.2) is 13.1 Å². The molecule has 3 heteroatoms. The first-order chi connectivity index (χ1) is 8.72. The summed E-state index contributed by atoms with van der Waals surface area (Å²) in [7, 11) is 2.07. The summed E-state index contributed by atoms with van der Waals surface area (Å²) in [6.45, 7) is 0. The van der Waals surface area contributed by atoms with Gasteiger partial charge in [0.2, 0.25) is 0 Å². The topological polar surface area (TPSA) is 12.0 Å². The molecule has 1 N–H and O–H groups in total. The molecule has 1 nitrogen and oxygen atoms in total. The molecule has 1 aromatic carbocycles. The fourth-order valence-corrected chi connectivity index (χ4v) is 3.55. The second kappa shape index (κ2) is 6.79. The summed E-state index contributed by atoms with van der Waals surface area (Å²) < 4.78 is 0. The monoisotopic (exact) mass is 285 g/mol. The molecule has 0 aliphatic heterocycles. The Kier molecular flexibility index (Phi) is 5.35. The molecule has 1 saturated carbocycles. The highest BCUT2D eigenvalue weighted by atomic mass is 35.5. The molecular weight excluding hydrogens is 265 g/mol. The second-order valence-corrected chi connectivity index (χ2v) is 6.01. The Labute approximate surface area is 120 Å². The van der Waals surface area contributed by atoms with E-state index >= 15 is 0 Å². The predicted molar refractivity (Wildman–Crippen MR) is 79.6 cm³/mol. The van der Waals surface area contributed by atoms with Crippen molar-refractivity contribution in [2.24, 2.45) is 5.92 Å². The first-order valence-electron chi connectivity index (χ1n) is 6.82. The Hall–Kier alpha value is -0.240. The Bertz CT molecular complexity index is 372. The number of hydrogen-bond acceptors (Lipinski definition) is 1. The maximum Gasteiger partial charge on any atom is 0.0452 e. The van der Waals surface area contributed by atoms with Gasteiger partial charge in [0.15, 0.2) is 0 Å². The van der Waals surface area contributed by atoms with Gasteiger partial charge in [-0.3, -0.25) is 0 Å². The maximum absolute atomic E-state index is 6.28. The van der Waals surface area contributed by atoms with Crippen LogP contribution in [0.25, 0.3) is 0 Å². The minimum atomic E-state index is 0.597. The molecule has 1 aromatic rings. The summed E-state index contributed by atoms with van der Waals surface area (Å²) in [5, 5.41) is 5.08. The summed E-state index contributed by atoms with van der Waals surface area (Å²) in [5.41, 5.74) is 1.12. The van der Waals surface area contributed by atoms with E-state index in [9.17, 15) is 0 Å². The van der Waals surface area contributed by atoms with E-state index in [0.29, 0.717) is 12.0 Å². The van der Waals surface area contributed by atoms with E-state index < -0.39 is 0 Å². The lowest BCUT2D eigenvalue weighted by Gasteiger charge is -2.25. The van der Waals surface area contributed by atoms with E-state index in [2.05, 4.69) is 12.4 Å². The third-order valence-electron chi connectivity index (χ3n) is 4.06. The summed E-state index contributed by atoms with van der Waals surface area (Å²) in [6, 6.07) is 6.39. The zero-order chi connectivity index (χ0) is 13.0. The van der Waals surface area contributed by atoms with Crippen molar-refractivity contribution in [1.29, 1.82) is 0 Å². The normalized spacial score (nSPS) is 24.8. The van der Waals surface area contributed by atoms with Gasteiger partial charge in [-0.25, -0.2) is 0 Å². The SMILES string of the molecule is CNC1CCCCCC1Cc1c(Cl)cccc1Cl. The highest BCUT2D eigenvalue weighted by Gasteiger charge is 2.24. The Morgan fingerprint density at radius 2 is 1.78 bits per heavy atom. The predicted octanol–water partition coefficient (Wildman–Crippen LogP) is 4.70. The molecule has 0 heterocycles. The number of nitrogens with one attached hydrogen (secondary N) is 1. The number of rotatable bonds is 3. The zero-order valence-electron chi connectivity index (χ0n) is 10.9. The molecule has 2 atom stereocenters. The maximum atomic E-state index is 6.28. The van der Waals surface area contributed by atoms with Crippen molar-refractivity contribution in [1.82, 2.24) is 5.32 Å². The van der Waals surface area contributed by atoms with E-state index in [1.807, 2.05) is 18.2 Å². The number of benzene rings is 1. The highest BCUT2D eigenvalue weighted by molar-refractivity contribution is 6.35. The molecule has 18 heavy (non-hydrogen) atoms. The molecule has 0 amide bonds. The molecule has 100 valence electrons. The van der Waals surface area contributed by atoms with E-state index in [1.54, 1.807) is 0 Å². The first-order valence-corrected chi connectivity index (χ1v) is 7.58. The fourth-order valence-electron chi connectivity index (χ4n) is 3.00. The second-order valence-electron chi connectivity index (χ2n) is 5.20. The summed E-state index contributed by atoms with van der Waals surface area (Å²) in [4.78, 5) is 0. The van der Waals surface area contributed by atoms with Gasteiger partial charge < -0.3 is 5.32 Å². The summed E-state index contributed by atoms with van der Waals surface area (Å²) >= 11 is 12.6. The van der Waals surface area contributed by atoms with Gasteiger partial charge in [-0.1, -0.05) is 48.5 Å². The quantitative estimate of drug-likeness (QED) is 0.794. The van der Waals surface area contributed by atoms with Gasteiger partial charge in [0.1, 0.15) is 0 Å². The third kappa shape index (κ3) is 3.40. The smallest absolute Gasteiger partial charge is 0.0452 e. The Balaban J connectivity index is 2.15. The summed E-state index contributed by atoms with van der Waals surface area (Å²) in [6.07, 6.45) is 7.54. The van der Waals surface area contributed by atoms with Gasteiger partial charge in [-0.05, 0) is 49.9 Å². The van der Waals surface area contributed by atoms with Crippen molar-refractivity contribution < 1.29 is 0 Å². The average molecular weight is 286 g/mol. The molecule has 1 aliphatic carbocycles. The molecule has 1 aliphatic rings. The van der Waals surface area contributed by atoms with Crippen LogP contribution in [0.2, 0.25) is 10.0 Å². The van der Waals surface area contributed by atoms with Gasteiger partial charge in [0.05, 0.1) is 0 Å². The van der Waals surface area contributed by atoms with Crippen LogP contribution < -0.4 is 5.32 Å². The molecule has 0 bridgehead atoms. The van der Waals surface area contributed by atoms with Gasteiger partial charge >= 0.3 is 0 Å². The van der Waals surface area contributed by atoms with Crippen molar-refractivity contribution in [2.45, 2.75) is 44.6 Å². The lowest BCUT2D eigenvalue weighted by Crippen LogP contribution is -2.34. The minimum absolute atomic E-state index is 0.597. The molecule has 0 saturated heterocycles. The fraction of sp³-hybridized carbons (Fsp3) is 0.600. The molecule has 2 unspecified atom stereocenters. The van der Waals surface area contributed by atoms with Crippen molar-refractivity contribution in [2.75, 3.05) is 7.05 Å². The van der Waals surface area contributed by atoms with Crippen LogP contribution in [0.4, 0.5) is 0 Å². The lowest BCUT2D eigenvalue weighted by atomic mass is 9.88. The zero-order valence-corrected chi connectivity index (χ0v) is 12.4. The van der Waals surface area contributed by atoms with E-state index in [4.69, 9.17) is 23.2 Å². The third-order valence-corrected chi connectivity index (χ3v) is 4.77. The molecule has 0 radical (unpaired) electrons. The van der Waals surface area contributed by atoms with Gasteiger partial charge in [0, 0.05) is 16.1 Å². The molecule has 0 spiro atoms. The molecular formula is C15H21Cl2N. The van der Waals surface area contributed by atoms with Crippen LogP contribution in [0.15, 0.2) is 18.2 Å². The van der Waals surface area contributed by atoms with Crippen LogP contribution in [0, 0.1) is 5.92 Å². The number of halogens is 2. The minimum Gasteiger partial charge on any atom is -0.317 e. The van der Waals surface area contributed by atoms with Crippen molar-refractivity contribution in [3.63, 3.8) is 0 Å². The molecule has 2 rings (SSSR count). The van der Waals surface area contributed by atoms with Crippen LogP contribution in [-0.2, 0) is 6.42 Å². The average Bonchev–Trinajstić information content (AvgIpc) is 2.59. The van der Waals surface area contributed by atoms with Crippen LogP contribution in [0.1, 0.15) is 37.7 Å². The van der Waals surface area contributed by atoms with Crippen LogP contribution in [0.3, 0.4) is 0 Å². The Morgan fingerprint density at radius 1 is 1.11 bits per heavy atom. The Morgan fingerprint density at radius 3 is 2.44 bits per heavy atom. The van der Waals surface area contributed by atoms with E-state index in [0.717, 1.165) is 22.0 Å². The van der Waals surface area contributed by atoms with Crippen LogP contribution in [0.5, 0.6) is 0 Å². The van der Waals surface area contributed by atoms with E-state index in [-0.39, 0.29) is 0 Å². The molecule has 0 aromatic heterocycles.